The van der Waals surface area contributed by atoms with Crippen molar-refractivity contribution in [3.63, 3.8) is 0 Å². The number of rotatable bonds is 9. The highest BCUT2D eigenvalue weighted by Crippen LogP contribution is 2.41. The maximum absolute atomic E-state index is 13.1. The summed E-state index contributed by atoms with van der Waals surface area (Å²) in [4.78, 5) is 11.9. The second kappa shape index (κ2) is 11.2. The molecule has 12 heteroatoms. The topological polar surface area (TPSA) is 130 Å². The molecule has 3 aromatic rings. The Balaban J connectivity index is 1.44. The number of nitrogens with zero attached hydrogens (tertiary/aromatic N) is 3. The van der Waals surface area contributed by atoms with Crippen molar-refractivity contribution < 1.29 is 17.9 Å². The SMILES string of the molecule is COC1CN(c2ccc(Nc3nc4c(c(Nc5ccccc5S(=O)(=O)NC(C)C)n3)C(C)(C)CN4)cc2)CCO1. The Labute approximate surface area is 235 Å². The third-order valence-corrected chi connectivity index (χ3v) is 8.61. The van der Waals surface area contributed by atoms with E-state index in [1.807, 2.05) is 24.3 Å². The fourth-order valence-corrected chi connectivity index (χ4v) is 6.37. The Morgan fingerprint density at radius 1 is 1.10 bits per heavy atom. The number of anilines is 6. The molecule has 1 aromatic heterocycles. The summed E-state index contributed by atoms with van der Waals surface area (Å²) in [6.07, 6.45) is -0.240. The summed E-state index contributed by atoms with van der Waals surface area (Å²) in [5.41, 5.74) is 2.98. The van der Waals surface area contributed by atoms with E-state index in [9.17, 15) is 8.42 Å². The maximum Gasteiger partial charge on any atom is 0.242 e. The van der Waals surface area contributed by atoms with Gasteiger partial charge in [-0.1, -0.05) is 26.0 Å². The molecule has 0 spiro atoms. The minimum Gasteiger partial charge on any atom is -0.369 e. The van der Waals surface area contributed by atoms with Gasteiger partial charge in [0.2, 0.25) is 16.0 Å². The first-order chi connectivity index (χ1) is 19.1. The Hall–Kier alpha value is -3.45. The summed E-state index contributed by atoms with van der Waals surface area (Å²) < 4.78 is 39.8. The molecule has 0 bridgehead atoms. The van der Waals surface area contributed by atoms with Crippen molar-refractivity contribution in [2.24, 2.45) is 0 Å². The molecule has 5 rings (SSSR count). The van der Waals surface area contributed by atoms with Crippen LogP contribution in [0, 0.1) is 0 Å². The lowest BCUT2D eigenvalue weighted by Gasteiger charge is -2.33. The molecular formula is C28H37N7O4S. The highest BCUT2D eigenvalue weighted by Gasteiger charge is 2.36. The number of morpholine rings is 1. The predicted octanol–water partition coefficient (Wildman–Crippen LogP) is 4.16. The summed E-state index contributed by atoms with van der Waals surface area (Å²) >= 11 is 0. The average Bonchev–Trinajstić information content (AvgIpc) is 3.23. The summed E-state index contributed by atoms with van der Waals surface area (Å²) in [5.74, 6) is 1.65. The van der Waals surface area contributed by atoms with Crippen LogP contribution in [0.25, 0.3) is 0 Å². The minimum atomic E-state index is -3.74. The van der Waals surface area contributed by atoms with Crippen molar-refractivity contribution in [1.29, 1.82) is 0 Å². The molecule has 0 radical (unpaired) electrons. The second-order valence-corrected chi connectivity index (χ2v) is 12.6. The van der Waals surface area contributed by atoms with Gasteiger partial charge in [0, 0.05) is 48.6 Å². The van der Waals surface area contributed by atoms with Crippen molar-refractivity contribution >= 4 is 44.7 Å². The van der Waals surface area contributed by atoms with Crippen molar-refractivity contribution in [3.8, 4) is 0 Å². The average molecular weight is 568 g/mol. The number of hydrogen-bond donors (Lipinski definition) is 4. The van der Waals surface area contributed by atoms with Crippen LogP contribution in [0.15, 0.2) is 53.4 Å². The predicted molar refractivity (Wildman–Crippen MR) is 157 cm³/mol. The second-order valence-electron chi connectivity index (χ2n) is 10.9. The van der Waals surface area contributed by atoms with Crippen LogP contribution in [-0.4, -0.2) is 64.1 Å². The normalized spacial score (nSPS) is 18.4. The van der Waals surface area contributed by atoms with Gasteiger partial charge < -0.3 is 30.3 Å². The van der Waals surface area contributed by atoms with E-state index in [1.165, 1.54) is 0 Å². The number of para-hydroxylation sites is 1. The zero-order valence-corrected chi connectivity index (χ0v) is 24.3. The molecule has 0 aliphatic carbocycles. The lowest BCUT2D eigenvalue weighted by atomic mass is 9.88. The van der Waals surface area contributed by atoms with Crippen LogP contribution in [0.5, 0.6) is 0 Å². The maximum atomic E-state index is 13.1. The van der Waals surface area contributed by atoms with Gasteiger partial charge in [0.25, 0.3) is 0 Å². The van der Waals surface area contributed by atoms with E-state index in [0.717, 1.165) is 23.5 Å². The van der Waals surface area contributed by atoms with Gasteiger partial charge in [-0.3, -0.25) is 0 Å². The number of fused-ring (bicyclic) bond motifs is 1. The van der Waals surface area contributed by atoms with Crippen LogP contribution in [0.3, 0.4) is 0 Å². The Morgan fingerprint density at radius 3 is 2.58 bits per heavy atom. The molecule has 0 amide bonds. The molecule has 214 valence electrons. The van der Waals surface area contributed by atoms with E-state index in [4.69, 9.17) is 19.4 Å². The molecule has 40 heavy (non-hydrogen) atoms. The third-order valence-electron chi connectivity index (χ3n) is 6.89. The lowest BCUT2D eigenvalue weighted by Crippen LogP contribution is -2.43. The quantitative estimate of drug-likeness (QED) is 0.299. The van der Waals surface area contributed by atoms with Crippen LogP contribution in [0.4, 0.5) is 34.6 Å². The van der Waals surface area contributed by atoms with E-state index >= 15 is 0 Å². The standard InChI is InChI=1S/C28H37N7O4S/c1-18(2)34-40(36,37)22-9-7-6-8-21(22)31-26-24-25(29-17-28(24,3)4)32-27(33-26)30-19-10-12-20(13-11-19)35-14-15-39-23(16-35)38-5/h6-13,18,23,34H,14-17H2,1-5H3,(H3,29,30,31,32,33). The molecule has 2 aliphatic rings. The molecule has 1 atom stereocenters. The van der Waals surface area contributed by atoms with Crippen molar-refractivity contribution in [2.45, 2.75) is 50.3 Å². The number of methoxy groups -OCH3 is 1. The number of nitrogens with one attached hydrogen (secondary N) is 4. The van der Waals surface area contributed by atoms with Crippen LogP contribution in [0.2, 0.25) is 0 Å². The molecule has 1 saturated heterocycles. The van der Waals surface area contributed by atoms with Crippen LogP contribution >= 0.6 is 0 Å². The number of benzene rings is 2. The molecule has 11 nitrogen and oxygen atoms in total. The van der Waals surface area contributed by atoms with Crippen LogP contribution < -0.4 is 25.6 Å². The highest BCUT2D eigenvalue weighted by molar-refractivity contribution is 7.89. The van der Waals surface area contributed by atoms with Crippen molar-refractivity contribution in [1.82, 2.24) is 14.7 Å². The highest BCUT2D eigenvalue weighted by atomic mass is 32.2. The summed E-state index contributed by atoms with van der Waals surface area (Å²) in [6, 6.07) is 14.6. The first kappa shape index (κ1) is 28.1. The summed E-state index contributed by atoms with van der Waals surface area (Å²) in [5, 5.41) is 10.0. The zero-order valence-electron chi connectivity index (χ0n) is 23.5. The molecule has 1 unspecified atom stereocenters. The Kier molecular flexibility index (Phi) is 7.87. The first-order valence-corrected chi connectivity index (χ1v) is 14.9. The molecule has 1 fully saturated rings. The van der Waals surface area contributed by atoms with E-state index in [2.05, 4.69) is 39.4 Å². The van der Waals surface area contributed by atoms with E-state index in [-0.39, 0.29) is 22.6 Å². The lowest BCUT2D eigenvalue weighted by molar-refractivity contribution is -0.128. The van der Waals surface area contributed by atoms with Gasteiger partial charge in [-0.15, -0.1) is 0 Å². The minimum absolute atomic E-state index is 0.156. The molecular weight excluding hydrogens is 530 g/mol. The largest absolute Gasteiger partial charge is 0.369 e. The van der Waals surface area contributed by atoms with E-state index < -0.39 is 10.0 Å². The van der Waals surface area contributed by atoms with Crippen LogP contribution in [0.1, 0.15) is 33.3 Å². The smallest absolute Gasteiger partial charge is 0.242 e. The van der Waals surface area contributed by atoms with Gasteiger partial charge in [0.05, 0.1) is 18.8 Å². The number of hydrogen-bond acceptors (Lipinski definition) is 10. The third kappa shape index (κ3) is 5.99. The molecule has 3 heterocycles. The van der Waals surface area contributed by atoms with E-state index in [0.29, 0.717) is 43.0 Å². The van der Waals surface area contributed by atoms with Crippen molar-refractivity contribution in [3.05, 3.63) is 54.1 Å². The fourth-order valence-electron chi connectivity index (χ4n) is 4.95. The Bertz CT molecular complexity index is 1460. The molecule has 0 saturated carbocycles. The molecule has 2 aromatic carbocycles. The fraction of sp³-hybridized carbons (Fsp3) is 0.429. The number of aromatic nitrogens is 2. The number of sulfonamides is 1. The van der Waals surface area contributed by atoms with Gasteiger partial charge in [0.15, 0.2) is 6.29 Å². The molecule has 4 N–H and O–H groups in total. The van der Waals surface area contributed by atoms with Gasteiger partial charge in [-0.2, -0.15) is 9.97 Å². The first-order valence-electron chi connectivity index (χ1n) is 13.4. The number of ether oxygens (including phenoxy) is 2. The van der Waals surface area contributed by atoms with Gasteiger partial charge in [0.1, 0.15) is 16.5 Å². The van der Waals surface area contributed by atoms with Gasteiger partial charge in [-0.25, -0.2) is 13.1 Å². The summed E-state index contributed by atoms with van der Waals surface area (Å²) in [7, 11) is -2.09. The van der Waals surface area contributed by atoms with Crippen LogP contribution in [-0.2, 0) is 24.9 Å². The monoisotopic (exact) mass is 567 g/mol. The van der Waals surface area contributed by atoms with E-state index in [1.54, 1.807) is 45.2 Å². The summed E-state index contributed by atoms with van der Waals surface area (Å²) in [6.45, 7) is 10.5. The van der Waals surface area contributed by atoms with Gasteiger partial charge in [-0.05, 0) is 50.2 Å². The van der Waals surface area contributed by atoms with Gasteiger partial charge >= 0.3 is 0 Å². The molecule has 2 aliphatic heterocycles. The van der Waals surface area contributed by atoms with Crippen molar-refractivity contribution in [2.75, 3.05) is 54.2 Å². The zero-order chi connectivity index (χ0) is 28.5. The Morgan fingerprint density at radius 2 is 1.85 bits per heavy atom.